The Kier molecular flexibility index (Phi) is 6.66. The van der Waals surface area contributed by atoms with Crippen LogP contribution in [-0.4, -0.2) is 50.6 Å². The summed E-state index contributed by atoms with van der Waals surface area (Å²) in [6.45, 7) is 2.26. The number of hydrogen-bond donors (Lipinski definition) is 3. The van der Waals surface area contributed by atoms with Gasteiger partial charge in [0.2, 0.25) is 0 Å². The lowest BCUT2D eigenvalue weighted by Gasteiger charge is -2.13. The molecule has 4 aromatic rings. The fraction of sp³-hybridized carbons (Fsp3) is 0.261. The number of rotatable bonds is 8. The number of anilines is 1. The Morgan fingerprint density at radius 1 is 1.24 bits per heavy atom. The Balaban J connectivity index is 1.72. The zero-order valence-corrected chi connectivity index (χ0v) is 19.0. The summed E-state index contributed by atoms with van der Waals surface area (Å²) >= 11 is 0. The van der Waals surface area contributed by atoms with Crippen LogP contribution in [0.5, 0.6) is 5.75 Å². The minimum Gasteiger partial charge on any atom is -0.496 e. The Morgan fingerprint density at radius 3 is 2.76 bits per heavy atom. The molecule has 11 heteroatoms. The molecular formula is C23H25N7O4. The molecule has 0 fully saturated rings. The lowest BCUT2D eigenvalue weighted by Crippen LogP contribution is -2.24. The van der Waals surface area contributed by atoms with Crippen molar-refractivity contribution in [3.63, 3.8) is 0 Å². The average molecular weight is 463 g/mol. The summed E-state index contributed by atoms with van der Waals surface area (Å²) in [6, 6.07) is 8.33. The summed E-state index contributed by atoms with van der Waals surface area (Å²) < 4.78 is 12.8. The molecule has 1 atom stereocenters. The van der Waals surface area contributed by atoms with Crippen LogP contribution in [0.1, 0.15) is 18.5 Å². The Labute approximate surface area is 195 Å². The van der Waals surface area contributed by atoms with Gasteiger partial charge in [-0.25, -0.2) is 9.97 Å². The van der Waals surface area contributed by atoms with E-state index in [1.54, 1.807) is 26.3 Å². The lowest BCUT2D eigenvalue weighted by atomic mass is 10.1. The van der Waals surface area contributed by atoms with Crippen molar-refractivity contribution in [2.75, 3.05) is 26.5 Å². The summed E-state index contributed by atoms with van der Waals surface area (Å²) in [5.41, 5.74) is 8.80. The fourth-order valence-corrected chi connectivity index (χ4v) is 3.44. The number of nitrogens with two attached hydrogens (primary N) is 1. The largest absolute Gasteiger partial charge is 0.496 e. The van der Waals surface area contributed by atoms with Crippen molar-refractivity contribution < 1.29 is 14.3 Å². The van der Waals surface area contributed by atoms with Gasteiger partial charge >= 0.3 is 0 Å². The van der Waals surface area contributed by atoms with Gasteiger partial charge in [0.15, 0.2) is 11.5 Å². The van der Waals surface area contributed by atoms with Crippen molar-refractivity contribution in [2.45, 2.75) is 19.5 Å². The molecule has 0 radical (unpaired) electrons. The molecule has 1 aromatic carbocycles. The van der Waals surface area contributed by atoms with Crippen LogP contribution in [0.4, 0.5) is 5.82 Å². The number of methoxy groups -OCH3 is 1. The standard InChI is InChI=1S/C23H25N7O4/c1-13(12-31)30-11-15(5-7-19(30)32)17-10-26-21(24)20(27-17)23-29-28-22(34-23)16-6-4-14(9-25-2)8-18(16)33-3/h4-8,10-11,13,25,31H,9,12H2,1-3H3,(H2,24,26). The molecule has 34 heavy (non-hydrogen) atoms. The molecule has 0 bridgehead atoms. The minimum atomic E-state index is -0.387. The average Bonchev–Trinajstić information content (AvgIpc) is 3.34. The van der Waals surface area contributed by atoms with Crippen LogP contribution in [0, 0.1) is 0 Å². The molecule has 0 aliphatic rings. The van der Waals surface area contributed by atoms with Gasteiger partial charge < -0.3 is 29.9 Å². The van der Waals surface area contributed by atoms with Gasteiger partial charge in [-0.15, -0.1) is 10.2 Å². The number of aliphatic hydroxyl groups excluding tert-OH is 1. The van der Waals surface area contributed by atoms with E-state index < -0.39 is 0 Å². The predicted molar refractivity (Wildman–Crippen MR) is 126 cm³/mol. The second-order valence-electron chi connectivity index (χ2n) is 7.66. The molecule has 0 spiro atoms. The molecule has 3 aromatic heterocycles. The lowest BCUT2D eigenvalue weighted by molar-refractivity contribution is 0.236. The van der Waals surface area contributed by atoms with Crippen molar-refractivity contribution in [3.8, 4) is 40.0 Å². The molecule has 1 unspecified atom stereocenters. The van der Waals surface area contributed by atoms with Gasteiger partial charge in [-0.1, -0.05) is 6.07 Å². The molecule has 0 saturated carbocycles. The Morgan fingerprint density at radius 2 is 2.03 bits per heavy atom. The summed E-state index contributed by atoms with van der Waals surface area (Å²) in [6.07, 6.45) is 3.11. The van der Waals surface area contributed by atoms with E-state index >= 15 is 0 Å². The van der Waals surface area contributed by atoms with Crippen molar-refractivity contribution in [3.05, 3.63) is 58.6 Å². The molecular weight excluding hydrogens is 438 g/mol. The first-order valence-corrected chi connectivity index (χ1v) is 10.6. The van der Waals surface area contributed by atoms with E-state index in [1.807, 2.05) is 25.2 Å². The smallest absolute Gasteiger partial charge is 0.270 e. The van der Waals surface area contributed by atoms with Crippen LogP contribution in [0.25, 0.3) is 34.3 Å². The summed E-state index contributed by atoms with van der Waals surface area (Å²) in [4.78, 5) is 20.9. The van der Waals surface area contributed by atoms with E-state index in [-0.39, 0.29) is 41.5 Å². The van der Waals surface area contributed by atoms with Crippen LogP contribution in [0.3, 0.4) is 0 Å². The molecule has 0 saturated heterocycles. The van der Waals surface area contributed by atoms with E-state index in [0.717, 1.165) is 5.56 Å². The summed E-state index contributed by atoms with van der Waals surface area (Å²) in [5, 5.41) is 20.8. The molecule has 3 heterocycles. The first kappa shape index (κ1) is 23.1. The van der Waals surface area contributed by atoms with E-state index in [1.165, 1.54) is 16.8 Å². The molecule has 11 nitrogen and oxygen atoms in total. The highest BCUT2D eigenvalue weighted by Gasteiger charge is 2.19. The Bertz CT molecular complexity index is 1370. The van der Waals surface area contributed by atoms with Crippen molar-refractivity contribution in [1.29, 1.82) is 0 Å². The molecule has 0 aliphatic heterocycles. The maximum Gasteiger partial charge on any atom is 0.270 e. The zero-order chi connectivity index (χ0) is 24.2. The maximum atomic E-state index is 12.1. The number of hydrogen-bond acceptors (Lipinski definition) is 10. The molecule has 4 rings (SSSR count). The van der Waals surface area contributed by atoms with Gasteiger partial charge in [-0.3, -0.25) is 4.79 Å². The van der Waals surface area contributed by atoms with Crippen LogP contribution < -0.4 is 21.3 Å². The Hall–Kier alpha value is -4.09. The third kappa shape index (κ3) is 4.51. The van der Waals surface area contributed by atoms with Crippen molar-refractivity contribution in [1.82, 2.24) is 30.0 Å². The third-order valence-corrected chi connectivity index (χ3v) is 5.28. The van der Waals surface area contributed by atoms with Crippen LogP contribution >= 0.6 is 0 Å². The number of benzene rings is 1. The van der Waals surface area contributed by atoms with Crippen molar-refractivity contribution in [2.24, 2.45) is 0 Å². The highest BCUT2D eigenvalue weighted by Crippen LogP contribution is 2.33. The zero-order valence-electron chi connectivity index (χ0n) is 19.0. The normalized spacial score (nSPS) is 12.0. The van der Waals surface area contributed by atoms with E-state index in [4.69, 9.17) is 14.9 Å². The molecule has 4 N–H and O–H groups in total. The number of aromatic nitrogens is 5. The van der Waals surface area contributed by atoms with E-state index in [9.17, 15) is 9.90 Å². The monoisotopic (exact) mass is 463 g/mol. The van der Waals surface area contributed by atoms with Gasteiger partial charge in [0.1, 0.15) is 5.75 Å². The molecule has 176 valence electrons. The number of nitrogen functional groups attached to an aromatic ring is 1. The summed E-state index contributed by atoms with van der Waals surface area (Å²) in [5.74, 6) is 1.06. The minimum absolute atomic E-state index is 0.0975. The number of nitrogens with zero attached hydrogens (tertiary/aromatic N) is 5. The first-order chi connectivity index (χ1) is 16.4. The second-order valence-corrected chi connectivity index (χ2v) is 7.66. The highest BCUT2D eigenvalue weighted by atomic mass is 16.5. The van der Waals surface area contributed by atoms with Gasteiger partial charge in [0.05, 0.1) is 37.2 Å². The van der Waals surface area contributed by atoms with Crippen LogP contribution in [0.15, 0.2) is 51.9 Å². The summed E-state index contributed by atoms with van der Waals surface area (Å²) in [7, 11) is 3.44. The SMILES string of the molecule is CNCc1ccc(-c2nnc(-c3nc(-c4ccc(=O)n(C(C)CO)c4)cnc3N)o2)c(OC)c1. The van der Waals surface area contributed by atoms with Gasteiger partial charge in [0, 0.05) is 24.4 Å². The second kappa shape index (κ2) is 9.81. The fourth-order valence-electron chi connectivity index (χ4n) is 3.44. The first-order valence-electron chi connectivity index (χ1n) is 10.6. The van der Waals surface area contributed by atoms with Crippen molar-refractivity contribution >= 4 is 5.82 Å². The van der Waals surface area contributed by atoms with E-state index in [2.05, 4.69) is 25.5 Å². The topological polar surface area (TPSA) is 154 Å². The van der Waals surface area contributed by atoms with Gasteiger partial charge in [0.25, 0.3) is 17.3 Å². The van der Waals surface area contributed by atoms with E-state index in [0.29, 0.717) is 29.1 Å². The number of ether oxygens (including phenoxy) is 1. The number of pyridine rings is 1. The molecule has 0 aliphatic carbocycles. The molecule has 0 amide bonds. The highest BCUT2D eigenvalue weighted by molar-refractivity contribution is 5.69. The van der Waals surface area contributed by atoms with Gasteiger partial charge in [-0.2, -0.15) is 0 Å². The van der Waals surface area contributed by atoms with Crippen LogP contribution in [-0.2, 0) is 6.54 Å². The maximum absolute atomic E-state index is 12.1. The number of aliphatic hydroxyl groups is 1. The quantitative estimate of drug-likeness (QED) is 0.353. The van der Waals surface area contributed by atoms with Crippen LogP contribution in [0.2, 0.25) is 0 Å². The third-order valence-electron chi connectivity index (χ3n) is 5.28. The van der Waals surface area contributed by atoms with Gasteiger partial charge in [-0.05, 0) is 37.7 Å². The predicted octanol–water partition coefficient (Wildman–Crippen LogP) is 1.89. The number of nitrogens with one attached hydrogen (secondary N) is 1.